The first-order valence-electron chi connectivity index (χ1n) is 6.70. The number of hydrogen-bond donors (Lipinski definition) is 0. The molecule has 0 radical (unpaired) electrons. The summed E-state index contributed by atoms with van der Waals surface area (Å²) >= 11 is 13.7. The van der Waals surface area contributed by atoms with Gasteiger partial charge in [-0.25, -0.2) is 0 Å². The van der Waals surface area contributed by atoms with Gasteiger partial charge in [-0.3, -0.25) is 0 Å². The molecule has 0 spiro atoms. The predicted octanol–water partition coefficient (Wildman–Crippen LogP) is 6.89. The molecule has 1 unspecified atom stereocenters. The highest BCUT2D eigenvalue weighted by atomic mass is 79.9. The van der Waals surface area contributed by atoms with Gasteiger partial charge in [0.05, 0.1) is 5.38 Å². The van der Waals surface area contributed by atoms with Gasteiger partial charge in [0.15, 0.2) is 0 Å². The number of halogens is 3. The number of fused-ring (bicyclic) bond motifs is 1. The maximum absolute atomic E-state index is 6.62. The summed E-state index contributed by atoms with van der Waals surface area (Å²) in [5.41, 5.74) is 2.36. The van der Waals surface area contributed by atoms with Gasteiger partial charge >= 0.3 is 0 Å². The highest BCUT2D eigenvalue weighted by Gasteiger charge is 2.13. The van der Waals surface area contributed by atoms with Crippen LogP contribution < -0.4 is 0 Å². The van der Waals surface area contributed by atoms with Gasteiger partial charge in [-0.15, -0.1) is 11.6 Å². The highest BCUT2D eigenvalue weighted by molar-refractivity contribution is 9.11. The largest absolute Gasteiger partial charge is 0.117 e. The Bertz CT molecular complexity index is 783. The van der Waals surface area contributed by atoms with Crippen LogP contribution in [0.25, 0.3) is 10.8 Å². The van der Waals surface area contributed by atoms with Crippen LogP contribution in [0.5, 0.6) is 0 Å². The summed E-state index contributed by atoms with van der Waals surface area (Å²) in [6.45, 7) is 0. The van der Waals surface area contributed by atoms with Gasteiger partial charge in [0.1, 0.15) is 0 Å². The van der Waals surface area contributed by atoms with E-state index < -0.39 is 0 Å². The lowest BCUT2D eigenvalue weighted by atomic mass is 10.0. The molecule has 0 fully saturated rings. The lowest BCUT2D eigenvalue weighted by Gasteiger charge is -2.13. The van der Waals surface area contributed by atoms with E-state index >= 15 is 0 Å². The van der Waals surface area contributed by atoms with E-state index in [-0.39, 0.29) is 5.38 Å². The number of benzene rings is 3. The van der Waals surface area contributed by atoms with Gasteiger partial charge in [-0.1, -0.05) is 74.3 Å². The molecule has 0 aliphatic carbocycles. The van der Waals surface area contributed by atoms with Crippen LogP contribution in [0.3, 0.4) is 0 Å². The Hall–Kier alpha value is -0.830. The minimum absolute atomic E-state index is 0.0574. The van der Waals surface area contributed by atoms with E-state index in [1.54, 1.807) is 0 Å². The van der Waals surface area contributed by atoms with Crippen molar-refractivity contribution in [2.45, 2.75) is 11.8 Å². The van der Waals surface area contributed by atoms with E-state index in [1.807, 2.05) is 12.1 Å². The van der Waals surface area contributed by atoms with Crippen LogP contribution >= 0.6 is 43.5 Å². The molecule has 1 atom stereocenters. The summed E-state index contributed by atoms with van der Waals surface area (Å²) in [5, 5.41) is 2.46. The molecule has 3 rings (SSSR count). The van der Waals surface area contributed by atoms with Crippen molar-refractivity contribution in [2.75, 3.05) is 0 Å². The van der Waals surface area contributed by atoms with E-state index in [0.29, 0.717) is 0 Å². The van der Waals surface area contributed by atoms with Crippen LogP contribution in [0.15, 0.2) is 69.6 Å². The molecule has 0 saturated carbocycles. The summed E-state index contributed by atoms with van der Waals surface area (Å²) in [5.74, 6) is 0. The summed E-state index contributed by atoms with van der Waals surface area (Å²) in [4.78, 5) is 0. The summed E-state index contributed by atoms with van der Waals surface area (Å²) in [7, 11) is 0. The Kier molecular flexibility index (Phi) is 4.68. The SMILES string of the molecule is ClC(Cc1ccc2ccccc2c1)c1cc(Br)ccc1Br. The molecule has 0 aliphatic heterocycles. The predicted molar refractivity (Wildman–Crippen MR) is 98.1 cm³/mol. The fraction of sp³-hybridized carbons (Fsp3) is 0.111. The molecule has 0 heterocycles. The Morgan fingerprint density at radius 1 is 0.857 bits per heavy atom. The molecule has 0 aliphatic rings. The fourth-order valence-corrected chi connectivity index (χ4v) is 3.83. The van der Waals surface area contributed by atoms with Gasteiger partial charge in [0, 0.05) is 8.95 Å². The topological polar surface area (TPSA) is 0 Å². The maximum atomic E-state index is 6.62. The summed E-state index contributed by atoms with van der Waals surface area (Å²) in [6, 6.07) is 21.0. The quantitative estimate of drug-likeness (QED) is 0.402. The van der Waals surface area contributed by atoms with E-state index in [2.05, 4.69) is 80.4 Å². The third kappa shape index (κ3) is 3.50. The Balaban J connectivity index is 1.88. The van der Waals surface area contributed by atoms with Crippen molar-refractivity contribution in [1.29, 1.82) is 0 Å². The normalized spacial score (nSPS) is 12.5. The van der Waals surface area contributed by atoms with Crippen LogP contribution in [-0.4, -0.2) is 0 Å². The second kappa shape index (κ2) is 6.51. The molecule has 21 heavy (non-hydrogen) atoms. The van der Waals surface area contributed by atoms with Gasteiger partial charge in [-0.05, 0) is 46.5 Å². The number of rotatable bonds is 3. The molecule has 0 N–H and O–H groups in total. The zero-order valence-electron chi connectivity index (χ0n) is 11.2. The molecule has 3 heteroatoms. The smallest absolute Gasteiger partial charge is 0.0636 e. The minimum atomic E-state index is -0.0574. The van der Waals surface area contributed by atoms with Gasteiger partial charge < -0.3 is 0 Å². The van der Waals surface area contributed by atoms with Crippen molar-refractivity contribution in [3.05, 3.63) is 80.7 Å². The molecule has 0 aromatic heterocycles. The first-order valence-corrected chi connectivity index (χ1v) is 8.72. The van der Waals surface area contributed by atoms with E-state index in [9.17, 15) is 0 Å². The third-order valence-corrected chi connectivity index (χ3v) is 5.13. The van der Waals surface area contributed by atoms with Crippen molar-refractivity contribution in [1.82, 2.24) is 0 Å². The standard InChI is InChI=1S/C18H13Br2Cl/c19-15-7-8-17(20)16(11-15)18(21)10-12-5-6-13-3-1-2-4-14(13)9-12/h1-9,11,18H,10H2. The number of hydrogen-bond acceptors (Lipinski definition) is 0. The van der Waals surface area contributed by atoms with Crippen molar-refractivity contribution < 1.29 is 0 Å². The van der Waals surface area contributed by atoms with E-state index in [0.717, 1.165) is 20.9 Å². The molecule has 3 aromatic rings. The van der Waals surface area contributed by atoms with E-state index in [1.165, 1.54) is 16.3 Å². The second-order valence-electron chi connectivity index (χ2n) is 5.02. The molecule has 106 valence electrons. The molecule has 0 saturated heterocycles. The van der Waals surface area contributed by atoms with Crippen molar-refractivity contribution in [2.24, 2.45) is 0 Å². The average Bonchev–Trinajstić information content (AvgIpc) is 2.49. The molecular weight excluding hydrogens is 411 g/mol. The van der Waals surface area contributed by atoms with Crippen LogP contribution in [0, 0.1) is 0 Å². The molecule has 0 amide bonds. The van der Waals surface area contributed by atoms with E-state index in [4.69, 9.17) is 11.6 Å². The molecule has 3 aromatic carbocycles. The zero-order valence-corrected chi connectivity index (χ0v) is 15.1. The third-order valence-electron chi connectivity index (χ3n) is 3.52. The monoisotopic (exact) mass is 422 g/mol. The minimum Gasteiger partial charge on any atom is -0.117 e. The Morgan fingerprint density at radius 3 is 2.43 bits per heavy atom. The highest BCUT2D eigenvalue weighted by Crippen LogP contribution is 2.33. The summed E-state index contributed by atoms with van der Waals surface area (Å²) in [6.07, 6.45) is 0.807. The average molecular weight is 425 g/mol. The Labute approximate surface area is 146 Å². The first kappa shape index (κ1) is 15.1. The lowest BCUT2D eigenvalue weighted by molar-refractivity contribution is 0.915. The lowest BCUT2D eigenvalue weighted by Crippen LogP contribution is -1.97. The van der Waals surface area contributed by atoms with Crippen molar-refractivity contribution >= 4 is 54.2 Å². The first-order chi connectivity index (χ1) is 10.1. The maximum Gasteiger partial charge on any atom is 0.0636 e. The van der Waals surface area contributed by atoms with Crippen molar-refractivity contribution in [3.63, 3.8) is 0 Å². The van der Waals surface area contributed by atoms with Gasteiger partial charge in [-0.2, -0.15) is 0 Å². The fourth-order valence-electron chi connectivity index (χ4n) is 2.44. The van der Waals surface area contributed by atoms with Crippen LogP contribution in [0.1, 0.15) is 16.5 Å². The summed E-state index contributed by atoms with van der Waals surface area (Å²) < 4.78 is 2.09. The zero-order chi connectivity index (χ0) is 14.8. The molecule has 0 bridgehead atoms. The van der Waals surface area contributed by atoms with Crippen LogP contribution in [0.2, 0.25) is 0 Å². The van der Waals surface area contributed by atoms with Gasteiger partial charge in [0.25, 0.3) is 0 Å². The molecule has 0 nitrogen and oxygen atoms in total. The second-order valence-corrected chi connectivity index (χ2v) is 7.32. The molecular formula is C18H13Br2Cl. The van der Waals surface area contributed by atoms with Crippen LogP contribution in [0.4, 0.5) is 0 Å². The Morgan fingerprint density at radius 2 is 1.62 bits per heavy atom. The number of alkyl halides is 1. The van der Waals surface area contributed by atoms with Gasteiger partial charge in [0.2, 0.25) is 0 Å². The van der Waals surface area contributed by atoms with Crippen molar-refractivity contribution in [3.8, 4) is 0 Å². The van der Waals surface area contributed by atoms with Crippen LogP contribution in [-0.2, 0) is 6.42 Å².